The van der Waals surface area contributed by atoms with Gasteiger partial charge in [0.15, 0.2) is 0 Å². The summed E-state index contributed by atoms with van der Waals surface area (Å²) in [5.74, 6) is 0.448. The zero-order valence-electron chi connectivity index (χ0n) is 10.2. The van der Waals surface area contributed by atoms with Crippen LogP contribution in [0.1, 0.15) is 30.7 Å². The first-order chi connectivity index (χ1) is 8.31. The van der Waals surface area contributed by atoms with Gasteiger partial charge in [-0.1, -0.05) is 40.5 Å². The number of piperidine rings is 1. The van der Waals surface area contributed by atoms with Crippen LogP contribution < -0.4 is 5.73 Å². The first-order valence-corrected chi connectivity index (χ1v) is 7.27. The van der Waals surface area contributed by atoms with Crippen LogP contribution in [0.5, 0.6) is 0 Å². The summed E-state index contributed by atoms with van der Waals surface area (Å²) in [4.78, 5) is 2.56. The van der Waals surface area contributed by atoms with Gasteiger partial charge in [-0.3, -0.25) is 0 Å². The molecule has 0 aliphatic carbocycles. The fourth-order valence-corrected chi connectivity index (χ4v) is 3.17. The lowest BCUT2D eigenvalue weighted by Crippen LogP contribution is -2.35. The second kappa shape index (κ2) is 6.53. The molecule has 1 heterocycles. The standard InChI is InChI=1S/C14H21BrN2/c15-14-7-3-2-6-13(14)12(10-16)11-17-8-4-1-5-9-17/h2-3,6-7,12H,1,4-5,8-11,16H2. The first kappa shape index (κ1) is 13.1. The molecule has 0 bridgehead atoms. The van der Waals surface area contributed by atoms with Crippen LogP contribution in [0.25, 0.3) is 0 Å². The third kappa shape index (κ3) is 3.54. The van der Waals surface area contributed by atoms with Crippen molar-refractivity contribution in [3.8, 4) is 0 Å². The van der Waals surface area contributed by atoms with E-state index in [1.807, 2.05) is 0 Å². The molecular weight excluding hydrogens is 276 g/mol. The maximum absolute atomic E-state index is 5.94. The normalized spacial score (nSPS) is 19.2. The number of likely N-dealkylation sites (tertiary alicyclic amines) is 1. The van der Waals surface area contributed by atoms with Crippen LogP contribution in [0.4, 0.5) is 0 Å². The summed E-state index contributed by atoms with van der Waals surface area (Å²) in [6, 6.07) is 8.45. The molecule has 0 amide bonds. The number of hydrogen-bond acceptors (Lipinski definition) is 2. The van der Waals surface area contributed by atoms with Crippen LogP contribution in [0.2, 0.25) is 0 Å². The van der Waals surface area contributed by atoms with E-state index in [4.69, 9.17) is 5.73 Å². The molecule has 94 valence electrons. The number of rotatable bonds is 4. The molecule has 0 spiro atoms. The van der Waals surface area contributed by atoms with Crippen LogP contribution in [-0.4, -0.2) is 31.1 Å². The van der Waals surface area contributed by atoms with E-state index in [-0.39, 0.29) is 0 Å². The van der Waals surface area contributed by atoms with Gasteiger partial charge in [0.05, 0.1) is 0 Å². The van der Waals surface area contributed by atoms with E-state index >= 15 is 0 Å². The van der Waals surface area contributed by atoms with Gasteiger partial charge in [-0.05, 0) is 37.6 Å². The van der Waals surface area contributed by atoms with Crippen molar-refractivity contribution < 1.29 is 0 Å². The highest BCUT2D eigenvalue weighted by Crippen LogP contribution is 2.25. The topological polar surface area (TPSA) is 29.3 Å². The van der Waals surface area contributed by atoms with Crippen LogP contribution in [0, 0.1) is 0 Å². The van der Waals surface area contributed by atoms with E-state index < -0.39 is 0 Å². The molecule has 17 heavy (non-hydrogen) atoms. The lowest BCUT2D eigenvalue weighted by molar-refractivity contribution is 0.216. The Hall–Kier alpha value is -0.380. The second-order valence-electron chi connectivity index (χ2n) is 4.82. The van der Waals surface area contributed by atoms with Crippen LogP contribution in [0.3, 0.4) is 0 Å². The molecule has 1 aromatic carbocycles. The molecule has 1 unspecified atom stereocenters. The highest BCUT2D eigenvalue weighted by Gasteiger charge is 2.18. The fraction of sp³-hybridized carbons (Fsp3) is 0.571. The average molecular weight is 297 g/mol. The van der Waals surface area contributed by atoms with E-state index in [1.54, 1.807) is 0 Å². The van der Waals surface area contributed by atoms with E-state index in [0.29, 0.717) is 5.92 Å². The summed E-state index contributed by atoms with van der Waals surface area (Å²) in [5.41, 5.74) is 7.29. The molecule has 2 rings (SSSR count). The minimum atomic E-state index is 0.448. The van der Waals surface area contributed by atoms with Crippen molar-refractivity contribution in [3.63, 3.8) is 0 Å². The summed E-state index contributed by atoms with van der Waals surface area (Å²) in [6.45, 7) is 4.29. The molecule has 1 aliphatic heterocycles. The van der Waals surface area contributed by atoms with Crippen molar-refractivity contribution in [2.45, 2.75) is 25.2 Å². The lowest BCUT2D eigenvalue weighted by Gasteiger charge is -2.30. The van der Waals surface area contributed by atoms with Crippen LogP contribution in [0.15, 0.2) is 28.7 Å². The summed E-state index contributed by atoms with van der Waals surface area (Å²) < 4.78 is 1.19. The molecular formula is C14H21BrN2. The zero-order valence-corrected chi connectivity index (χ0v) is 11.8. The van der Waals surface area contributed by atoms with Gasteiger partial charge in [-0.15, -0.1) is 0 Å². The molecule has 0 aromatic heterocycles. The fourth-order valence-electron chi connectivity index (χ4n) is 2.56. The van der Waals surface area contributed by atoms with Crippen molar-refractivity contribution in [2.75, 3.05) is 26.2 Å². The Balaban J connectivity index is 2.03. The van der Waals surface area contributed by atoms with E-state index in [2.05, 4.69) is 45.1 Å². The number of benzene rings is 1. The molecule has 2 N–H and O–H groups in total. The van der Waals surface area contributed by atoms with Crippen LogP contribution in [-0.2, 0) is 0 Å². The van der Waals surface area contributed by atoms with Crippen molar-refractivity contribution in [2.24, 2.45) is 5.73 Å². The molecule has 2 nitrogen and oxygen atoms in total. The maximum Gasteiger partial charge on any atom is 0.0211 e. The van der Waals surface area contributed by atoms with Crippen molar-refractivity contribution in [1.29, 1.82) is 0 Å². The minimum absolute atomic E-state index is 0.448. The zero-order chi connectivity index (χ0) is 12.1. The average Bonchev–Trinajstić information content (AvgIpc) is 2.38. The Kier molecular flexibility index (Phi) is 5.01. The Morgan fingerprint density at radius 1 is 1.18 bits per heavy atom. The van der Waals surface area contributed by atoms with Gasteiger partial charge in [-0.25, -0.2) is 0 Å². The molecule has 1 aliphatic rings. The predicted octanol–water partition coefficient (Wildman–Crippen LogP) is 2.98. The lowest BCUT2D eigenvalue weighted by atomic mass is 9.97. The summed E-state index contributed by atoms with van der Waals surface area (Å²) >= 11 is 3.63. The monoisotopic (exact) mass is 296 g/mol. The first-order valence-electron chi connectivity index (χ1n) is 6.48. The summed E-state index contributed by atoms with van der Waals surface area (Å²) in [7, 11) is 0. The van der Waals surface area contributed by atoms with E-state index in [9.17, 15) is 0 Å². The van der Waals surface area contributed by atoms with Gasteiger partial charge in [0.2, 0.25) is 0 Å². The molecule has 1 aromatic rings. The van der Waals surface area contributed by atoms with Gasteiger partial charge >= 0.3 is 0 Å². The highest BCUT2D eigenvalue weighted by atomic mass is 79.9. The molecule has 3 heteroatoms. The van der Waals surface area contributed by atoms with Crippen molar-refractivity contribution in [3.05, 3.63) is 34.3 Å². The Bertz CT molecular complexity index is 348. The number of nitrogens with zero attached hydrogens (tertiary/aromatic N) is 1. The Morgan fingerprint density at radius 2 is 1.88 bits per heavy atom. The summed E-state index contributed by atoms with van der Waals surface area (Å²) in [6.07, 6.45) is 4.07. The molecule has 0 radical (unpaired) electrons. The Labute approximate surface area is 112 Å². The second-order valence-corrected chi connectivity index (χ2v) is 5.67. The van der Waals surface area contributed by atoms with Gasteiger partial charge in [0.25, 0.3) is 0 Å². The molecule has 0 saturated carbocycles. The van der Waals surface area contributed by atoms with Crippen molar-refractivity contribution in [1.82, 2.24) is 4.90 Å². The molecule has 1 fully saturated rings. The van der Waals surface area contributed by atoms with Crippen molar-refractivity contribution >= 4 is 15.9 Å². The minimum Gasteiger partial charge on any atom is -0.330 e. The Morgan fingerprint density at radius 3 is 2.53 bits per heavy atom. The van der Waals surface area contributed by atoms with Gasteiger partial charge in [0.1, 0.15) is 0 Å². The smallest absolute Gasteiger partial charge is 0.0211 e. The molecule has 1 saturated heterocycles. The van der Waals surface area contributed by atoms with E-state index in [1.165, 1.54) is 42.4 Å². The van der Waals surface area contributed by atoms with Gasteiger partial charge in [0, 0.05) is 23.5 Å². The van der Waals surface area contributed by atoms with Crippen LogP contribution >= 0.6 is 15.9 Å². The highest BCUT2D eigenvalue weighted by molar-refractivity contribution is 9.10. The number of halogens is 1. The number of nitrogens with two attached hydrogens (primary N) is 1. The largest absolute Gasteiger partial charge is 0.330 e. The van der Waals surface area contributed by atoms with Gasteiger partial charge < -0.3 is 10.6 Å². The molecule has 1 atom stereocenters. The quantitative estimate of drug-likeness (QED) is 0.926. The predicted molar refractivity (Wildman–Crippen MR) is 76.2 cm³/mol. The van der Waals surface area contributed by atoms with Gasteiger partial charge in [-0.2, -0.15) is 0 Å². The summed E-state index contributed by atoms with van der Waals surface area (Å²) in [5, 5.41) is 0. The maximum atomic E-state index is 5.94. The van der Waals surface area contributed by atoms with E-state index in [0.717, 1.165) is 13.1 Å². The third-order valence-corrected chi connectivity index (χ3v) is 4.28. The SMILES string of the molecule is NCC(CN1CCCCC1)c1ccccc1Br. The third-order valence-electron chi connectivity index (χ3n) is 3.56. The number of hydrogen-bond donors (Lipinski definition) is 1.